The van der Waals surface area contributed by atoms with E-state index in [0.717, 1.165) is 5.57 Å². The van der Waals surface area contributed by atoms with Crippen LogP contribution in [0.3, 0.4) is 0 Å². The van der Waals surface area contributed by atoms with Crippen molar-refractivity contribution in [1.29, 1.82) is 0 Å². The van der Waals surface area contributed by atoms with Gasteiger partial charge in [-0.2, -0.15) is 0 Å². The molecule has 0 fully saturated rings. The van der Waals surface area contributed by atoms with Crippen molar-refractivity contribution in [2.45, 2.75) is 13.3 Å². The molecule has 0 heterocycles. The van der Waals surface area contributed by atoms with Crippen LogP contribution in [0.1, 0.15) is 13.3 Å². The maximum absolute atomic E-state index is 10.8. The summed E-state index contributed by atoms with van der Waals surface area (Å²) in [6.45, 7) is 2.05. The highest BCUT2D eigenvalue weighted by Gasteiger charge is 2.19. The molecule has 0 aromatic carbocycles. The largest absolute Gasteiger partial charge is 0.294 e. The van der Waals surface area contributed by atoms with Crippen molar-refractivity contribution in [2.24, 2.45) is 0 Å². The maximum Gasteiger partial charge on any atom is 0.160 e. The van der Waals surface area contributed by atoms with Crippen molar-refractivity contribution >= 4 is 5.78 Å². The summed E-state index contributed by atoms with van der Waals surface area (Å²) in [5.41, 5.74) is 3.58. The highest BCUT2D eigenvalue weighted by atomic mass is 16.1. The third-order valence-corrected chi connectivity index (χ3v) is 1.84. The van der Waals surface area contributed by atoms with Crippen molar-refractivity contribution in [3.63, 3.8) is 0 Å². The quantitative estimate of drug-likeness (QED) is 0.491. The lowest BCUT2D eigenvalue weighted by molar-refractivity contribution is -0.113. The number of ketones is 1. The van der Waals surface area contributed by atoms with Crippen molar-refractivity contribution in [1.82, 2.24) is 0 Å². The van der Waals surface area contributed by atoms with E-state index in [1.54, 1.807) is 6.08 Å². The van der Waals surface area contributed by atoms with Gasteiger partial charge < -0.3 is 0 Å². The van der Waals surface area contributed by atoms with Crippen LogP contribution in [0, 0.1) is 0 Å². The summed E-state index contributed by atoms with van der Waals surface area (Å²) in [6.07, 6.45) is 6.47. The first-order chi connectivity index (χ1) is 4.75. The molecular weight excluding hydrogens is 124 g/mol. The Morgan fingerprint density at radius 3 is 2.80 bits per heavy atom. The van der Waals surface area contributed by atoms with Crippen LogP contribution in [0.25, 0.3) is 0 Å². The van der Waals surface area contributed by atoms with Crippen molar-refractivity contribution < 1.29 is 4.79 Å². The summed E-state index contributed by atoms with van der Waals surface area (Å²) in [6, 6.07) is 0. The fourth-order valence-electron chi connectivity index (χ4n) is 1.44. The summed E-state index contributed by atoms with van der Waals surface area (Å²) in [5.74, 6) is 0.241. The first-order valence-electron chi connectivity index (χ1n) is 3.39. The molecule has 0 aromatic rings. The molecule has 0 unspecified atom stereocenters. The lowest BCUT2D eigenvalue weighted by Gasteiger charge is -1.87. The Morgan fingerprint density at radius 2 is 2.10 bits per heavy atom. The number of hydrogen-bond acceptors (Lipinski definition) is 1. The Labute approximate surface area is 59.7 Å². The second-order valence-electron chi connectivity index (χ2n) is 2.80. The Bertz CT molecular complexity index is 290. The second-order valence-corrected chi connectivity index (χ2v) is 2.80. The molecule has 0 bridgehead atoms. The van der Waals surface area contributed by atoms with Gasteiger partial charge in [-0.15, -0.1) is 0 Å². The fraction of sp³-hybridized carbons (Fsp3) is 0.222. The minimum Gasteiger partial charge on any atom is -0.294 e. The lowest BCUT2D eigenvalue weighted by atomic mass is 10.2. The van der Waals surface area contributed by atoms with E-state index in [4.69, 9.17) is 0 Å². The topological polar surface area (TPSA) is 17.1 Å². The molecule has 2 aliphatic carbocycles. The van der Waals surface area contributed by atoms with Gasteiger partial charge in [0.2, 0.25) is 0 Å². The van der Waals surface area contributed by atoms with Gasteiger partial charge in [0.1, 0.15) is 0 Å². The van der Waals surface area contributed by atoms with E-state index in [0.29, 0.717) is 6.42 Å². The van der Waals surface area contributed by atoms with E-state index in [9.17, 15) is 4.79 Å². The van der Waals surface area contributed by atoms with E-state index < -0.39 is 0 Å². The molecule has 0 spiro atoms. The van der Waals surface area contributed by atoms with Crippen LogP contribution < -0.4 is 0 Å². The zero-order chi connectivity index (χ0) is 7.14. The molecule has 0 saturated carbocycles. The highest BCUT2D eigenvalue weighted by molar-refractivity contribution is 5.99. The van der Waals surface area contributed by atoms with Crippen molar-refractivity contribution in [3.05, 3.63) is 34.9 Å². The standard InChI is InChI=1S/C9H8O/c1-6-2-7-4-9(10)5-8(7)3-6/h2-4H,5H2,1H3. The number of carbonyl (C=O) groups excluding carboxylic acids is 1. The summed E-state index contributed by atoms with van der Waals surface area (Å²) < 4.78 is 0. The number of rotatable bonds is 0. The van der Waals surface area contributed by atoms with E-state index in [1.807, 2.05) is 0 Å². The van der Waals surface area contributed by atoms with Crippen LogP contribution in [0.4, 0.5) is 0 Å². The van der Waals surface area contributed by atoms with Gasteiger partial charge in [-0.3, -0.25) is 4.79 Å². The molecule has 2 rings (SSSR count). The minimum absolute atomic E-state index is 0.241. The van der Waals surface area contributed by atoms with Gasteiger partial charge in [0.05, 0.1) is 0 Å². The molecule has 0 atom stereocenters. The van der Waals surface area contributed by atoms with Crippen LogP contribution in [0.2, 0.25) is 0 Å². The van der Waals surface area contributed by atoms with E-state index in [-0.39, 0.29) is 5.78 Å². The summed E-state index contributed by atoms with van der Waals surface area (Å²) >= 11 is 0. The Balaban J connectivity index is 2.48. The van der Waals surface area contributed by atoms with Crippen molar-refractivity contribution in [2.75, 3.05) is 0 Å². The predicted molar refractivity (Wildman–Crippen MR) is 39.5 cm³/mol. The Morgan fingerprint density at radius 1 is 1.30 bits per heavy atom. The number of fused-ring (bicyclic) bond motifs is 1. The fourth-order valence-corrected chi connectivity index (χ4v) is 1.44. The molecular formula is C9H8O. The molecule has 2 aliphatic rings. The van der Waals surface area contributed by atoms with Gasteiger partial charge in [0.25, 0.3) is 0 Å². The van der Waals surface area contributed by atoms with Gasteiger partial charge >= 0.3 is 0 Å². The van der Waals surface area contributed by atoms with E-state index in [2.05, 4.69) is 19.1 Å². The molecule has 0 aromatic heterocycles. The molecule has 10 heavy (non-hydrogen) atoms. The molecule has 0 amide bonds. The summed E-state index contributed by atoms with van der Waals surface area (Å²) in [7, 11) is 0. The zero-order valence-electron chi connectivity index (χ0n) is 5.85. The molecule has 0 radical (unpaired) electrons. The first-order valence-corrected chi connectivity index (χ1v) is 3.39. The third kappa shape index (κ3) is 0.670. The van der Waals surface area contributed by atoms with Crippen molar-refractivity contribution in [3.8, 4) is 0 Å². The van der Waals surface area contributed by atoms with E-state index in [1.165, 1.54) is 11.1 Å². The predicted octanol–water partition coefficient (Wildman–Crippen LogP) is 1.77. The van der Waals surface area contributed by atoms with Crippen LogP contribution >= 0.6 is 0 Å². The molecule has 50 valence electrons. The number of hydrogen-bond donors (Lipinski definition) is 0. The second kappa shape index (κ2) is 1.69. The summed E-state index contributed by atoms with van der Waals surface area (Å²) in [4.78, 5) is 10.8. The monoisotopic (exact) mass is 132 g/mol. The van der Waals surface area contributed by atoms with Crippen LogP contribution in [0.5, 0.6) is 0 Å². The molecule has 1 nitrogen and oxygen atoms in total. The average molecular weight is 132 g/mol. The van der Waals surface area contributed by atoms with Gasteiger partial charge in [0.15, 0.2) is 5.78 Å². The smallest absolute Gasteiger partial charge is 0.160 e. The normalized spacial score (nSPS) is 22.1. The van der Waals surface area contributed by atoms with Crippen LogP contribution in [-0.4, -0.2) is 5.78 Å². The van der Waals surface area contributed by atoms with Gasteiger partial charge in [-0.05, 0) is 24.1 Å². The third-order valence-electron chi connectivity index (χ3n) is 1.84. The molecule has 0 saturated heterocycles. The molecule has 1 heteroatoms. The molecule has 0 aliphatic heterocycles. The Hall–Kier alpha value is -1.11. The van der Waals surface area contributed by atoms with Gasteiger partial charge in [0, 0.05) is 6.42 Å². The number of allylic oxidation sites excluding steroid dienone is 6. The summed E-state index contributed by atoms with van der Waals surface area (Å²) in [5, 5.41) is 0. The minimum atomic E-state index is 0.241. The first kappa shape index (κ1) is 5.66. The zero-order valence-corrected chi connectivity index (χ0v) is 5.85. The van der Waals surface area contributed by atoms with E-state index >= 15 is 0 Å². The van der Waals surface area contributed by atoms with Gasteiger partial charge in [-0.25, -0.2) is 0 Å². The lowest BCUT2D eigenvalue weighted by Crippen LogP contribution is -1.83. The van der Waals surface area contributed by atoms with Crippen LogP contribution in [-0.2, 0) is 4.79 Å². The SMILES string of the molecule is CC1=CC2=CC(=O)CC2=C1. The highest BCUT2D eigenvalue weighted by Crippen LogP contribution is 2.30. The maximum atomic E-state index is 10.8. The number of carbonyl (C=O) groups is 1. The Kier molecular flexibility index (Phi) is 0.956. The van der Waals surface area contributed by atoms with Crippen LogP contribution in [0.15, 0.2) is 34.9 Å². The van der Waals surface area contributed by atoms with Gasteiger partial charge in [-0.1, -0.05) is 17.7 Å². The molecule has 0 N–H and O–H groups in total. The average Bonchev–Trinajstić information content (AvgIpc) is 2.21.